The fourth-order valence-electron chi connectivity index (χ4n) is 2.03. The molecule has 0 fully saturated rings. The summed E-state index contributed by atoms with van der Waals surface area (Å²) in [6, 6.07) is 0. The van der Waals surface area contributed by atoms with Crippen LogP contribution < -0.4 is 4.90 Å². The highest BCUT2D eigenvalue weighted by Crippen LogP contribution is 2.28. The first-order valence-corrected chi connectivity index (χ1v) is 8.00. The van der Waals surface area contributed by atoms with Crippen molar-refractivity contribution in [1.29, 1.82) is 0 Å². The molecule has 1 aliphatic rings. The van der Waals surface area contributed by atoms with Gasteiger partial charge in [-0.15, -0.1) is 0 Å². The van der Waals surface area contributed by atoms with Crippen molar-refractivity contribution in [2.75, 3.05) is 24.9 Å². The van der Waals surface area contributed by atoms with Gasteiger partial charge in [-0.1, -0.05) is 0 Å². The molecule has 7 heteroatoms. The molecule has 0 radical (unpaired) electrons. The summed E-state index contributed by atoms with van der Waals surface area (Å²) in [6.45, 7) is 7.90. The maximum Gasteiger partial charge on any atom is 0.248 e. The van der Waals surface area contributed by atoms with Gasteiger partial charge < -0.3 is 4.90 Å². The maximum absolute atomic E-state index is 11.5. The maximum atomic E-state index is 11.5. The highest BCUT2D eigenvalue weighted by molar-refractivity contribution is 7.90. The van der Waals surface area contributed by atoms with Crippen molar-refractivity contribution in [3.05, 3.63) is 11.8 Å². The molecule has 1 aromatic rings. The summed E-state index contributed by atoms with van der Waals surface area (Å²) in [5.41, 5.74) is 0.998. The predicted octanol–water partition coefficient (Wildman–Crippen LogP) is 0.888. The molecule has 19 heavy (non-hydrogen) atoms. The molecule has 1 aliphatic heterocycles. The van der Waals surface area contributed by atoms with Crippen molar-refractivity contribution in [2.24, 2.45) is 0 Å². The van der Waals surface area contributed by atoms with E-state index in [1.54, 1.807) is 6.20 Å². The summed E-state index contributed by atoms with van der Waals surface area (Å²) < 4.78 is 23.0. The van der Waals surface area contributed by atoms with Gasteiger partial charge in [0.05, 0.1) is 6.67 Å². The topological polar surface area (TPSA) is 66.4 Å². The highest BCUT2D eigenvalue weighted by atomic mass is 32.2. The molecule has 0 unspecified atom stereocenters. The second kappa shape index (κ2) is 4.42. The zero-order valence-electron chi connectivity index (χ0n) is 12.0. The summed E-state index contributed by atoms with van der Waals surface area (Å²) in [4.78, 5) is 12.4. The Bertz CT molecular complexity index is 592. The van der Waals surface area contributed by atoms with Crippen LogP contribution in [0.25, 0.3) is 0 Å². The lowest BCUT2D eigenvalue weighted by molar-refractivity contribution is 0.121. The van der Waals surface area contributed by atoms with Crippen LogP contribution in [0.3, 0.4) is 0 Å². The Kier molecular flexibility index (Phi) is 3.30. The zero-order chi connectivity index (χ0) is 14.4. The first kappa shape index (κ1) is 14.2. The number of hydrogen-bond donors (Lipinski definition) is 0. The number of fused-ring (bicyclic) bond motifs is 1. The number of aromatic nitrogens is 2. The highest BCUT2D eigenvalue weighted by Gasteiger charge is 2.30. The standard InChI is InChI=1S/C12H20N4O2S/c1-12(2,3)16-7-9-6-13-11(19(5,17)18)14-10(9)15(4)8-16/h6H,7-8H2,1-5H3. The van der Waals surface area contributed by atoms with E-state index < -0.39 is 9.84 Å². The van der Waals surface area contributed by atoms with Crippen LogP contribution in [-0.2, 0) is 16.4 Å². The van der Waals surface area contributed by atoms with Gasteiger partial charge in [0.2, 0.25) is 15.0 Å². The van der Waals surface area contributed by atoms with E-state index in [2.05, 4.69) is 35.6 Å². The van der Waals surface area contributed by atoms with Crippen molar-refractivity contribution in [3.63, 3.8) is 0 Å². The molecule has 0 amide bonds. The Balaban J connectivity index is 2.42. The van der Waals surface area contributed by atoms with E-state index in [4.69, 9.17) is 0 Å². The van der Waals surface area contributed by atoms with E-state index in [1.165, 1.54) is 0 Å². The van der Waals surface area contributed by atoms with Gasteiger partial charge in [-0.3, -0.25) is 4.90 Å². The summed E-state index contributed by atoms with van der Waals surface area (Å²) in [6.07, 6.45) is 2.74. The minimum atomic E-state index is -3.36. The lowest BCUT2D eigenvalue weighted by atomic mass is 10.0. The van der Waals surface area contributed by atoms with Crippen LogP contribution in [0.4, 0.5) is 5.82 Å². The Labute approximate surface area is 114 Å². The third-order valence-corrected chi connectivity index (χ3v) is 4.07. The fourth-order valence-corrected chi connectivity index (χ4v) is 2.53. The van der Waals surface area contributed by atoms with E-state index in [0.717, 1.165) is 25.0 Å². The van der Waals surface area contributed by atoms with Crippen molar-refractivity contribution >= 4 is 15.7 Å². The van der Waals surface area contributed by atoms with Gasteiger partial charge >= 0.3 is 0 Å². The van der Waals surface area contributed by atoms with Gasteiger partial charge in [-0.25, -0.2) is 18.4 Å². The smallest absolute Gasteiger partial charge is 0.248 e. The minimum absolute atomic E-state index is 0.0431. The van der Waals surface area contributed by atoms with Crippen LogP contribution in [0.15, 0.2) is 11.4 Å². The summed E-state index contributed by atoms with van der Waals surface area (Å²) in [7, 11) is -1.45. The number of anilines is 1. The molecule has 2 heterocycles. The van der Waals surface area contributed by atoms with Gasteiger partial charge in [0.1, 0.15) is 5.82 Å². The lowest BCUT2D eigenvalue weighted by Gasteiger charge is -2.42. The number of nitrogens with zero attached hydrogens (tertiary/aromatic N) is 4. The Morgan fingerprint density at radius 3 is 2.47 bits per heavy atom. The minimum Gasteiger partial charge on any atom is -0.346 e. The third kappa shape index (κ3) is 2.87. The molecule has 0 aliphatic carbocycles. The second-order valence-electron chi connectivity index (χ2n) is 5.98. The van der Waals surface area contributed by atoms with E-state index in [1.807, 2.05) is 11.9 Å². The Hall–Kier alpha value is -1.21. The summed E-state index contributed by atoms with van der Waals surface area (Å²) in [5.74, 6) is 0.705. The molecular formula is C12H20N4O2S. The molecule has 0 aromatic carbocycles. The SMILES string of the molecule is CN1CN(C(C)(C)C)Cc2cnc(S(C)(=O)=O)nc21. The van der Waals surface area contributed by atoms with Crippen LogP contribution in [0.5, 0.6) is 0 Å². The molecule has 2 rings (SSSR count). The quantitative estimate of drug-likeness (QED) is 0.714. The average Bonchev–Trinajstić information content (AvgIpc) is 2.26. The molecule has 0 saturated heterocycles. The van der Waals surface area contributed by atoms with Crippen molar-refractivity contribution in [2.45, 2.75) is 38.0 Å². The number of rotatable bonds is 1. The third-order valence-electron chi connectivity index (χ3n) is 3.21. The van der Waals surface area contributed by atoms with Crippen LogP contribution in [0, 0.1) is 0 Å². The second-order valence-corrected chi connectivity index (χ2v) is 7.89. The van der Waals surface area contributed by atoms with E-state index in [9.17, 15) is 8.42 Å². The Morgan fingerprint density at radius 2 is 1.95 bits per heavy atom. The first-order valence-electron chi connectivity index (χ1n) is 6.11. The van der Waals surface area contributed by atoms with Gasteiger partial charge in [0, 0.05) is 37.1 Å². The molecule has 0 bridgehead atoms. The molecule has 0 saturated carbocycles. The Morgan fingerprint density at radius 1 is 1.32 bits per heavy atom. The predicted molar refractivity (Wildman–Crippen MR) is 73.7 cm³/mol. The summed E-state index contributed by atoms with van der Waals surface area (Å²) >= 11 is 0. The molecule has 106 valence electrons. The van der Waals surface area contributed by atoms with Crippen LogP contribution in [0.2, 0.25) is 0 Å². The first-order chi connectivity index (χ1) is 8.59. The normalized spacial score (nSPS) is 17.4. The fraction of sp³-hybridized carbons (Fsp3) is 0.667. The number of sulfone groups is 1. The molecule has 0 atom stereocenters. The van der Waals surface area contributed by atoms with Gasteiger partial charge in [-0.2, -0.15) is 0 Å². The number of hydrogen-bond acceptors (Lipinski definition) is 6. The lowest BCUT2D eigenvalue weighted by Crippen LogP contribution is -2.50. The van der Waals surface area contributed by atoms with Crippen molar-refractivity contribution in [1.82, 2.24) is 14.9 Å². The van der Waals surface area contributed by atoms with Crippen molar-refractivity contribution < 1.29 is 8.42 Å². The van der Waals surface area contributed by atoms with Crippen LogP contribution in [0.1, 0.15) is 26.3 Å². The van der Waals surface area contributed by atoms with E-state index in [0.29, 0.717) is 5.82 Å². The van der Waals surface area contributed by atoms with Gasteiger partial charge in [0.25, 0.3) is 0 Å². The monoisotopic (exact) mass is 284 g/mol. The van der Waals surface area contributed by atoms with Crippen molar-refractivity contribution in [3.8, 4) is 0 Å². The average molecular weight is 284 g/mol. The largest absolute Gasteiger partial charge is 0.346 e. The molecule has 0 N–H and O–H groups in total. The van der Waals surface area contributed by atoms with Crippen LogP contribution >= 0.6 is 0 Å². The van der Waals surface area contributed by atoms with E-state index >= 15 is 0 Å². The van der Waals surface area contributed by atoms with Gasteiger partial charge in [0.15, 0.2) is 0 Å². The zero-order valence-corrected chi connectivity index (χ0v) is 12.8. The molecular weight excluding hydrogens is 264 g/mol. The van der Waals surface area contributed by atoms with Gasteiger partial charge in [-0.05, 0) is 20.8 Å². The van der Waals surface area contributed by atoms with Crippen LogP contribution in [-0.4, -0.2) is 48.8 Å². The summed E-state index contributed by atoms with van der Waals surface area (Å²) in [5, 5.41) is -0.109. The molecule has 6 nitrogen and oxygen atoms in total. The molecule has 0 spiro atoms. The van der Waals surface area contributed by atoms with E-state index in [-0.39, 0.29) is 10.7 Å². The molecule has 1 aromatic heterocycles.